The first-order chi connectivity index (χ1) is 11.9. The normalized spacial score (nSPS) is 14.6. The lowest BCUT2D eigenvalue weighted by Gasteiger charge is -2.30. The zero-order chi connectivity index (χ0) is 18.4. The lowest BCUT2D eigenvalue weighted by atomic mass is 10.1. The quantitative estimate of drug-likeness (QED) is 0.611. The summed E-state index contributed by atoms with van der Waals surface area (Å²) in [4.78, 5) is 26.3. The van der Waals surface area contributed by atoms with Crippen molar-refractivity contribution in [3.8, 4) is 0 Å². The summed E-state index contributed by atoms with van der Waals surface area (Å²) in [5.74, 6) is 1.49. The lowest BCUT2D eigenvalue weighted by molar-refractivity contribution is -0.125. The number of anilines is 2. The number of nitrogens with two attached hydrogens (primary N) is 1. The predicted molar refractivity (Wildman–Crippen MR) is 120 cm³/mol. The topological polar surface area (TPSA) is 87.5 Å². The fourth-order valence-electron chi connectivity index (χ4n) is 2.47. The summed E-state index contributed by atoms with van der Waals surface area (Å²) >= 11 is 8.00. The molecule has 1 fully saturated rings. The predicted octanol–water partition coefficient (Wildman–Crippen LogP) is 2.77. The smallest absolute Gasteiger partial charge is 0.243 e. The van der Waals surface area contributed by atoms with Gasteiger partial charge in [-0.15, -0.1) is 24.8 Å². The monoisotopic (exact) mass is 456 g/mol. The molecule has 0 spiro atoms. The summed E-state index contributed by atoms with van der Waals surface area (Å²) in [7, 11) is 0. The van der Waals surface area contributed by atoms with Gasteiger partial charge in [-0.05, 0) is 24.1 Å². The second-order valence-electron chi connectivity index (χ2n) is 6.30. The summed E-state index contributed by atoms with van der Waals surface area (Å²) in [5, 5.41) is 5.97. The number of thioether (sulfide) groups is 1. The van der Waals surface area contributed by atoms with Gasteiger partial charge < -0.3 is 21.3 Å². The highest BCUT2D eigenvalue weighted by Gasteiger charge is 2.19. The molecule has 1 aromatic rings. The van der Waals surface area contributed by atoms with Gasteiger partial charge in [0.05, 0.1) is 24.0 Å². The Kier molecular flexibility index (Phi) is 12.2. The molecule has 1 atom stereocenters. The van der Waals surface area contributed by atoms with Gasteiger partial charge in [0.25, 0.3) is 0 Å². The maximum Gasteiger partial charge on any atom is 0.243 e. The number of nitrogens with one attached hydrogen (secondary N) is 2. The minimum Gasteiger partial charge on any atom is -0.368 e. The van der Waals surface area contributed by atoms with Crippen LogP contribution in [0.15, 0.2) is 18.2 Å². The molecule has 0 radical (unpaired) electrons. The van der Waals surface area contributed by atoms with E-state index >= 15 is 0 Å². The van der Waals surface area contributed by atoms with Crippen molar-refractivity contribution in [1.29, 1.82) is 0 Å². The van der Waals surface area contributed by atoms with Crippen molar-refractivity contribution in [3.63, 3.8) is 0 Å². The van der Waals surface area contributed by atoms with Crippen LogP contribution in [0, 0.1) is 5.92 Å². The van der Waals surface area contributed by atoms with E-state index in [9.17, 15) is 9.59 Å². The fourth-order valence-corrected chi connectivity index (χ4v) is 3.55. The largest absolute Gasteiger partial charge is 0.368 e. The number of hydrogen-bond acceptors (Lipinski definition) is 5. The zero-order valence-electron chi connectivity index (χ0n) is 15.4. The van der Waals surface area contributed by atoms with E-state index in [1.54, 1.807) is 6.07 Å². The van der Waals surface area contributed by atoms with Crippen LogP contribution in [0.2, 0.25) is 5.02 Å². The molecule has 27 heavy (non-hydrogen) atoms. The Balaban J connectivity index is 0.00000338. The van der Waals surface area contributed by atoms with Gasteiger partial charge in [-0.1, -0.05) is 25.4 Å². The van der Waals surface area contributed by atoms with Gasteiger partial charge in [0, 0.05) is 29.6 Å². The van der Waals surface area contributed by atoms with Gasteiger partial charge in [-0.25, -0.2) is 0 Å². The summed E-state index contributed by atoms with van der Waals surface area (Å²) in [6.07, 6.45) is 0. The fraction of sp³-hybridized carbons (Fsp3) is 0.529. The number of carbonyl (C=O) groups is 2. The van der Waals surface area contributed by atoms with Crippen molar-refractivity contribution >= 4 is 71.4 Å². The summed E-state index contributed by atoms with van der Waals surface area (Å²) in [6.45, 7) is 5.45. The summed E-state index contributed by atoms with van der Waals surface area (Å²) in [6, 6.07) is 4.84. The molecule has 10 heteroatoms. The molecule has 0 unspecified atom stereocenters. The number of hydrogen-bond donors (Lipinski definition) is 3. The molecule has 6 nitrogen and oxygen atoms in total. The summed E-state index contributed by atoms with van der Waals surface area (Å²) in [5.41, 5.74) is 7.38. The van der Waals surface area contributed by atoms with Gasteiger partial charge >= 0.3 is 0 Å². The molecule has 2 rings (SSSR count). The van der Waals surface area contributed by atoms with E-state index in [2.05, 4.69) is 15.5 Å². The van der Waals surface area contributed by atoms with Crippen LogP contribution in [0.5, 0.6) is 0 Å². The van der Waals surface area contributed by atoms with E-state index in [-0.39, 0.29) is 49.1 Å². The molecule has 1 saturated heterocycles. The first-order valence-corrected chi connectivity index (χ1v) is 9.87. The molecule has 4 N–H and O–H groups in total. The second-order valence-corrected chi connectivity index (χ2v) is 7.96. The van der Waals surface area contributed by atoms with E-state index in [4.69, 9.17) is 17.3 Å². The molecule has 0 bridgehead atoms. The third kappa shape index (κ3) is 7.95. The molecule has 1 aliphatic heterocycles. The first-order valence-electron chi connectivity index (χ1n) is 8.34. The van der Waals surface area contributed by atoms with Crippen LogP contribution in [0.3, 0.4) is 0 Å². The number of benzene rings is 1. The number of halogens is 3. The third-order valence-corrected chi connectivity index (χ3v) is 5.21. The van der Waals surface area contributed by atoms with Crippen LogP contribution >= 0.6 is 48.2 Å². The standard InChI is InChI=1S/C17H25ClN4O2S.2ClH/c1-11(2)16(19)17(24)20-10-15(23)21-13-9-12(18)3-4-14(13)22-5-7-25-8-6-22;;/h3-4,9,11,16H,5-8,10,19H2,1-2H3,(H,20,24)(H,21,23);2*1H/t16-;;/m0../s1. The van der Waals surface area contributed by atoms with E-state index < -0.39 is 6.04 Å². The number of nitrogens with zero attached hydrogens (tertiary/aromatic N) is 1. The maximum absolute atomic E-state index is 12.2. The van der Waals surface area contributed by atoms with Gasteiger partial charge in [-0.3, -0.25) is 9.59 Å². The van der Waals surface area contributed by atoms with Crippen LogP contribution in [0.4, 0.5) is 11.4 Å². The van der Waals surface area contributed by atoms with Crippen LogP contribution < -0.4 is 21.3 Å². The Bertz CT molecular complexity index is 628. The van der Waals surface area contributed by atoms with Crippen LogP contribution in [0.25, 0.3) is 0 Å². The average Bonchev–Trinajstić information content (AvgIpc) is 2.59. The minimum atomic E-state index is -0.625. The van der Waals surface area contributed by atoms with Crippen molar-refractivity contribution in [3.05, 3.63) is 23.2 Å². The molecular weight excluding hydrogens is 431 g/mol. The Morgan fingerprint density at radius 3 is 2.48 bits per heavy atom. The van der Waals surface area contributed by atoms with Crippen molar-refractivity contribution in [2.24, 2.45) is 11.7 Å². The Labute approximate surface area is 182 Å². The molecule has 0 aliphatic carbocycles. The van der Waals surface area contributed by atoms with Crippen molar-refractivity contribution < 1.29 is 9.59 Å². The highest BCUT2D eigenvalue weighted by Crippen LogP contribution is 2.30. The van der Waals surface area contributed by atoms with Crippen molar-refractivity contribution in [2.75, 3.05) is 41.4 Å². The Morgan fingerprint density at radius 2 is 1.89 bits per heavy atom. The highest BCUT2D eigenvalue weighted by atomic mass is 35.5. The number of rotatable bonds is 6. The molecule has 0 aromatic heterocycles. The van der Waals surface area contributed by atoms with E-state index in [0.717, 1.165) is 30.3 Å². The third-order valence-electron chi connectivity index (χ3n) is 4.03. The molecule has 1 aliphatic rings. The molecule has 2 amide bonds. The number of amides is 2. The maximum atomic E-state index is 12.2. The highest BCUT2D eigenvalue weighted by molar-refractivity contribution is 7.99. The van der Waals surface area contributed by atoms with Gasteiger partial charge in [0.15, 0.2) is 0 Å². The molecule has 1 aromatic carbocycles. The molecule has 154 valence electrons. The second kappa shape index (κ2) is 12.6. The van der Waals surface area contributed by atoms with Gasteiger partial charge in [0.1, 0.15) is 0 Å². The number of carbonyl (C=O) groups excluding carboxylic acids is 2. The SMILES string of the molecule is CC(C)[C@H](N)C(=O)NCC(=O)Nc1cc(Cl)ccc1N1CCSCC1.Cl.Cl. The zero-order valence-corrected chi connectivity index (χ0v) is 18.6. The molecule has 1 heterocycles. The lowest BCUT2D eigenvalue weighted by Crippen LogP contribution is -2.46. The van der Waals surface area contributed by atoms with E-state index in [0.29, 0.717) is 10.7 Å². The molecular formula is C17H27Cl3N4O2S. The van der Waals surface area contributed by atoms with Crippen LogP contribution in [0.1, 0.15) is 13.8 Å². The first kappa shape index (κ1) is 26.1. The van der Waals surface area contributed by atoms with Gasteiger partial charge in [-0.2, -0.15) is 11.8 Å². The average molecular weight is 458 g/mol. The van der Waals surface area contributed by atoms with Crippen molar-refractivity contribution in [2.45, 2.75) is 19.9 Å². The van der Waals surface area contributed by atoms with E-state index in [1.807, 2.05) is 37.7 Å². The molecule has 0 saturated carbocycles. The van der Waals surface area contributed by atoms with E-state index in [1.165, 1.54) is 0 Å². The van der Waals surface area contributed by atoms with Crippen molar-refractivity contribution in [1.82, 2.24) is 5.32 Å². The van der Waals surface area contributed by atoms with Crippen LogP contribution in [-0.2, 0) is 9.59 Å². The summed E-state index contributed by atoms with van der Waals surface area (Å²) < 4.78 is 0. The minimum absolute atomic E-state index is 0. The Hall–Kier alpha value is -0.860. The Morgan fingerprint density at radius 1 is 1.26 bits per heavy atom. The van der Waals surface area contributed by atoms with Crippen LogP contribution in [-0.4, -0.2) is 49.0 Å². The van der Waals surface area contributed by atoms with Gasteiger partial charge in [0.2, 0.25) is 11.8 Å².